The number of Topliss-reactive ketones (excluding diaryl/α,β-unsaturated/α-hetero) is 1. The van der Waals surface area contributed by atoms with Crippen molar-refractivity contribution in [3.05, 3.63) is 29.3 Å². The molecule has 0 spiro atoms. The van der Waals surface area contributed by atoms with Crippen molar-refractivity contribution in [3.8, 4) is 0 Å². The molecular weight excluding hydrogens is 322 g/mol. The molecule has 0 atom stereocenters. The Bertz CT molecular complexity index is 783. The lowest BCUT2D eigenvalue weighted by Gasteiger charge is -2.23. The van der Waals surface area contributed by atoms with Gasteiger partial charge < -0.3 is 10.2 Å². The minimum absolute atomic E-state index is 0.0237. The number of ketones is 1. The highest BCUT2D eigenvalue weighted by Gasteiger charge is 2.49. The number of nitrogens with zero attached hydrogens (tertiary/aromatic N) is 2. The molecule has 3 rings (SSSR count). The van der Waals surface area contributed by atoms with Gasteiger partial charge in [-0.2, -0.15) is 0 Å². The van der Waals surface area contributed by atoms with Crippen LogP contribution in [0.25, 0.3) is 0 Å². The maximum absolute atomic E-state index is 12.6. The van der Waals surface area contributed by atoms with E-state index in [0.717, 1.165) is 16.2 Å². The van der Waals surface area contributed by atoms with E-state index in [1.807, 2.05) is 13.8 Å². The zero-order chi connectivity index (χ0) is 18.4. The summed E-state index contributed by atoms with van der Waals surface area (Å²) in [6.45, 7) is 3.37. The van der Waals surface area contributed by atoms with Crippen LogP contribution >= 0.6 is 0 Å². The second-order valence-corrected chi connectivity index (χ2v) is 6.51. The molecule has 1 fully saturated rings. The first-order valence-electron chi connectivity index (χ1n) is 8.39. The Balaban J connectivity index is 1.80. The number of likely N-dealkylation sites (N-methyl/N-ethyl adjacent to an activating group) is 1. The van der Waals surface area contributed by atoms with Crippen LogP contribution in [0.3, 0.4) is 0 Å². The van der Waals surface area contributed by atoms with E-state index in [4.69, 9.17) is 0 Å². The van der Waals surface area contributed by atoms with E-state index < -0.39 is 11.6 Å². The van der Waals surface area contributed by atoms with E-state index in [0.29, 0.717) is 18.4 Å². The molecule has 1 N–H and O–H groups in total. The van der Waals surface area contributed by atoms with Crippen molar-refractivity contribution < 1.29 is 19.2 Å². The summed E-state index contributed by atoms with van der Waals surface area (Å²) in [4.78, 5) is 51.6. The fourth-order valence-corrected chi connectivity index (χ4v) is 3.43. The van der Waals surface area contributed by atoms with Crippen molar-refractivity contribution in [2.75, 3.05) is 18.5 Å². The fraction of sp³-hybridized carbons (Fsp3) is 0.444. The number of imide groups is 1. The first-order valence-corrected chi connectivity index (χ1v) is 8.39. The highest BCUT2D eigenvalue weighted by Crippen LogP contribution is 2.29. The van der Waals surface area contributed by atoms with Crippen LogP contribution in [-0.2, 0) is 16.0 Å². The molecule has 4 amide bonds. The Labute approximate surface area is 146 Å². The van der Waals surface area contributed by atoms with Gasteiger partial charge in [-0.25, -0.2) is 4.79 Å². The summed E-state index contributed by atoms with van der Waals surface area (Å²) >= 11 is 0. The number of carbonyl (C=O) groups excluding carboxylic acids is 4. The molecule has 0 bridgehead atoms. The SMILES string of the molecule is CCC1(CC)NC(=O)N(CC(=O)c2ccc3c(c2)CC(=O)N3C)C1=O. The van der Waals surface area contributed by atoms with Crippen molar-refractivity contribution in [1.82, 2.24) is 10.2 Å². The zero-order valence-corrected chi connectivity index (χ0v) is 14.6. The van der Waals surface area contributed by atoms with Crippen molar-refractivity contribution in [2.45, 2.75) is 38.6 Å². The number of fused-ring (bicyclic) bond motifs is 1. The molecule has 0 unspecified atom stereocenters. The molecular formula is C18H21N3O4. The Morgan fingerprint density at radius 2 is 1.88 bits per heavy atom. The largest absolute Gasteiger partial charge is 0.325 e. The number of amides is 4. The maximum Gasteiger partial charge on any atom is 0.325 e. The molecule has 7 heteroatoms. The zero-order valence-electron chi connectivity index (χ0n) is 14.6. The predicted octanol–water partition coefficient (Wildman–Crippen LogP) is 1.50. The molecule has 2 aliphatic heterocycles. The molecule has 1 saturated heterocycles. The number of anilines is 1. The Morgan fingerprint density at radius 1 is 1.20 bits per heavy atom. The normalized spacial score (nSPS) is 18.6. The van der Waals surface area contributed by atoms with Gasteiger partial charge in [0.15, 0.2) is 5.78 Å². The molecule has 0 radical (unpaired) electrons. The van der Waals surface area contributed by atoms with Crippen LogP contribution in [0.15, 0.2) is 18.2 Å². The first-order chi connectivity index (χ1) is 11.8. The molecule has 132 valence electrons. The predicted molar refractivity (Wildman–Crippen MR) is 91.4 cm³/mol. The van der Waals surface area contributed by atoms with Crippen LogP contribution in [0.5, 0.6) is 0 Å². The van der Waals surface area contributed by atoms with Gasteiger partial charge in [-0.3, -0.25) is 19.3 Å². The number of hydrogen-bond acceptors (Lipinski definition) is 4. The van der Waals surface area contributed by atoms with E-state index >= 15 is 0 Å². The van der Waals surface area contributed by atoms with Gasteiger partial charge in [0, 0.05) is 18.3 Å². The lowest BCUT2D eigenvalue weighted by Crippen LogP contribution is -2.46. The van der Waals surface area contributed by atoms with Gasteiger partial charge >= 0.3 is 6.03 Å². The number of carbonyl (C=O) groups is 4. The number of urea groups is 1. The van der Waals surface area contributed by atoms with Crippen molar-refractivity contribution in [3.63, 3.8) is 0 Å². The van der Waals surface area contributed by atoms with E-state index in [1.165, 1.54) is 0 Å². The standard InChI is InChI=1S/C18H21N3O4/c1-4-18(5-2)16(24)21(17(25)19-18)10-14(22)11-6-7-13-12(8-11)9-15(23)20(13)3/h6-8H,4-5,9-10H2,1-3H3,(H,19,25). The molecule has 2 aliphatic rings. The molecule has 1 aromatic rings. The van der Waals surface area contributed by atoms with Crippen LogP contribution in [0.4, 0.5) is 10.5 Å². The fourth-order valence-electron chi connectivity index (χ4n) is 3.43. The second-order valence-electron chi connectivity index (χ2n) is 6.51. The molecule has 0 aromatic heterocycles. The third-order valence-electron chi connectivity index (χ3n) is 5.23. The van der Waals surface area contributed by atoms with E-state index in [9.17, 15) is 19.2 Å². The monoisotopic (exact) mass is 343 g/mol. The minimum atomic E-state index is -0.912. The second kappa shape index (κ2) is 5.98. The van der Waals surface area contributed by atoms with Crippen molar-refractivity contribution in [1.29, 1.82) is 0 Å². The average molecular weight is 343 g/mol. The van der Waals surface area contributed by atoms with E-state index in [2.05, 4.69) is 5.32 Å². The average Bonchev–Trinajstić information content (AvgIpc) is 3.02. The summed E-state index contributed by atoms with van der Waals surface area (Å²) < 4.78 is 0. The van der Waals surface area contributed by atoms with Crippen molar-refractivity contribution in [2.24, 2.45) is 0 Å². The van der Waals surface area contributed by atoms with E-state index in [1.54, 1.807) is 30.1 Å². The Kier molecular flexibility index (Phi) is 4.10. The van der Waals surface area contributed by atoms with Gasteiger partial charge in [-0.15, -0.1) is 0 Å². The van der Waals surface area contributed by atoms with Crippen LogP contribution in [0.2, 0.25) is 0 Å². The molecule has 0 aliphatic carbocycles. The number of benzene rings is 1. The minimum Gasteiger partial charge on any atom is -0.323 e. The van der Waals surface area contributed by atoms with Crippen molar-refractivity contribution >= 4 is 29.3 Å². The smallest absolute Gasteiger partial charge is 0.323 e. The number of rotatable bonds is 5. The highest BCUT2D eigenvalue weighted by atomic mass is 16.2. The molecule has 2 heterocycles. The molecule has 1 aromatic carbocycles. The Hall–Kier alpha value is -2.70. The van der Waals surface area contributed by atoms with Gasteiger partial charge in [0.1, 0.15) is 5.54 Å². The summed E-state index contributed by atoms with van der Waals surface area (Å²) in [6.07, 6.45) is 1.21. The summed E-state index contributed by atoms with van der Waals surface area (Å²) in [5.41, 5.74) is 1.05. The van der Waals surface area contributed by atoms with Crippen LogP contribution in [0.1, 0.15) is 42.6 Å². The lowest BCUT2D eigenvalue weighted by atomic mass is 9.93. The summed E-state index contributed by atoms with van der Waals surface area (Å²) in [6, 6.07) is 4.49. The Morgan fingerprint density at radius 3 is 2.48 bits per heavy atom. The molecule has 7 nitrogen and oxygen atoms in total. The van der Waals surface area contributed by atoms with Gasteiger partial charge in [0.05, 0.1) is 13.0 Å². The number of hydrogen-bond donors (Lipinski definition) is 1. The van der Waals surface area contributed by atoms with E-state index in [-0.39, 0.29) is 30.6 Å². The first kappa shape index (κ1) is 17.1. The van der Waals surface area contributed by atoms with Crippen LogP contribution in [-0.4, -0.2) is 47.7 Å². The van der Waals surface area contributed by atoms with Crippen LogP contribution < -0.4 is 10.2 Å². The van der Waals surface area contributed by atoms with Crippen LogP contribution in [0, 0.1) is 0 Å². The van der Waals surface area contributed by atoms with Gasteiger partial charge in [0.2, 0.25) is 5.91 Å². The molecule has 0 saturated carbocycles. The summed E-state index contributed by atoms with van der Waals surface area (Å²) in [5.74, 6) is -0.701. The highest BCUT2D eigenvalue weighted by molar-refractivity contribution is 6.11. The quantitative estimate of drug-likeness (QED) is 0.648. The van der Waals surface area contributed by atoms with Gasteiger partial charge in [-0.1, -0.05) is 13.8 Å². The third kappa shape index (κ3) is 2.59. The molecule has 25 heavy (non-hydrogen) atoms. The third-order valence-corrected chi connectivity index (χ3v) is 5.23. The van der Waals surface area contributed by atoms with Gasteiger partial charge in [0.25, 0.3) is 5.91 Å². The van der Waals surface area contributed by atoms with Gasteiger partial charge in [-0.05, 0) is 36.6 Å². The topological polar surface area (TPSA) is 86.8 Å². The number of nitrogens with one attached hydrogen (secondary N) is 1. The summed E-state index contributed by atoms with van der Waals surface area (Å²) in [5, 5.41) is 2.71. The lowest BCUT2D eigenvalue weighted by molar-refractivity contribution is -0.131. The maximum atomic E-state index is 12.6. The summed E-state index contributed by atoms with van der Waals surface area (Å²) in [7, 11) is 1.69.